The monoisotopic (exact) mass is 297 g/mol. The van der Waals surface area contributed by atoms with Gasteiger partial charge in [-0.25, -0.2) is 4.98 Å². The molecular formula is C14H16ClNO2S. The van der Waals surface area contributed by atoms with E-state index in [1.165, 1.54) is 11.3 Å². The molecule has 0 saturated carbocycles. The van der Waals surface area contributed by atoms with Gasteiger partial charge in [-0.05, 0) is 31.0 Å². The van der Waals surface area contributed by atoms with Gasteiger partial charge in [-0.3, -0.25) is 4.79 Å². The molecule has 0 N–H and O–H groups in total. The van der Waals surface area contributed by atoms with E-state index in [4.69, 9.17) is 16.3 Å². The van der Waals surface area contributed by atoms with Gasteiger partial charge in [0.25, 0.3) is 0 Å². The lowest BCUT2D eigenvalue weighted by atomic mass is 9.97. The summed E-state index contributed by atoms with van der Waals surface area (Å²) >= 11 is 7.48. The number of benzene rings is 1. The highest BCUT2D eigenvalue weighted by atomic mass is 35.5. The molecule has 0 aliphatic rings. The van der Waals surface area contributed by atoms with Gasteiger partial charge in [0, 0.05) is 5.02 Å². The number of carbonyl (C=O) groups is 1. The summed E-state index contributed by atoms with van der Waals surface area (Å²) in [7, 11) is 0. The third kappa shape index (κ3) is 3.07. The summed E-state index contributed by atoms with van der Waals surface area (Å²) in [6.45, 7) is 6.20. The van der Waals surface area contributed by atoms with E-state index in [-0.39, 0.29) is 17.8 Å². The minimum atomic E-state index is -0.309. The predicted molar refractivity (Wildman–Crippen MR) is 78.8 cm³/mol. The van der Waals surface area contributed by atoms with Crippen LogP contribution in [0.25, 0.3) is 10.2 Å². The lowest BCUT2D eigenvalue weighted by Gasteiger charge is -2.16. The van der Waals surface area contributed by atoms with Crippen LogP contribution in [0.3, 0.4) is 0 Å². The Balaban J connectivity index is 2.41. The van der Waals surface area contributed by atoms with Gasteiger partial charge in [0.2, 0.25) is 0 Å². The van der Waals surface area contributed by atoms with Gasteiger partial charge in [0.15, 0.2) is 0 Å². The van der Waals surface area contributed by atoms with E-state index in [0.717, 1.165) is 15.2 Å². The highest BCUT2D eigenvalue weighted by Crippen LogP contribution is 2.33. The number of fused-ring (bicyclic) bond motifs is 1. The lowest BCUT2D eigenvalue weighted by molar-refractivity contribution is -0.146. The predicted octanol–water partition coefficient (Wildman–Crippen LogP) is 4.25. The van der Waals surface area contributed by atoms with Crippen molar-refractivity contribution in [3.05, 3.63) is 28.2 Å². The molecule has 1 unspecified atom stereocenters. The van der Waals surface area contributed by atoms with Crippen LogP contribution in [0, 0.1) is 5.92 Å². The van der Waals surface area contributed by atoms with Crippen LogP contribution < -0.4 is 0 Å². The molecule has 0 radical (unpaired) electrons. The second-order valence-corrected chi connectivity index (χ2v) is 6.14. The number of rotatable bonds is 4. The highest BCUT2D eigenvalue weighted by molar-refractivity contribution is 7.18. The van der Waals surface area contributed by atoms with Crippen molar-refractivity contribution in [3.63, 3.8) is 0 Å². The van der Waals surface area contributed by atoms with Crippen LogP contribution in [0.2, 0.25) is 5.02 Å². The third-order valence-corrected chi connectivity index (χ3v) is 4.19. The van der Waals surface area contributed by atoms with Crippen molar-refractivity contribution >= 4 is 39.1 Å². The Morgan fingerprint density at radius 2 is 2.21 bits per heavy atom. The molecule has 3 nitrogen and oxygen atoms in total. The number of nitrogens with zero attached hydrogens (tertiary/aromatic N) is 1. The van der Waals surface area contributed by atoms with E-state index in [2.05, 4.69) is 4.98 Å². The first kappa shape index (κ1) is 14.3. The molecule has 102 valence electrons. The molecule has 0 aliphatic carbocycles. The molecule has 1 atom stereocenters. The van der Waals surface area contributed by atoms with Crippen molar-refractivity contribution in [3.8, 4) is 0 Å². The maximum Gasteiger partial charge on any atom is 0.316 e. The van der Waals surface area contributed by atoms with Crippen molar-refractivity contribution in [2.24, 2.45) is 5.92 Å². The molecule has 1 aromatic carbocycles. The topological polar surface area (TPSA) is 39.2 Å². The molecule has 0 fully saturated rings. The average molecular weight is 298 g/mol. The lowest BCUT2D eigenvalue weighted by Crippen LogP contribution is -2.20. The molecule has 0 aliphatic heterocycles. The molecule has 1 heterocycles. The zero-order valence-corrected chi connectivity index (χ0v) is 12.7. The zero-order chi connectivity index (χ0) is 14.0. The molecule has 1 aromatic heterocycles. The number of aromatic nitrogens is 1. The Labute approximate surface area is 121 Å². The molecular weight excluding hydrogens is 282 g/mol. The third-order valence-electron chi connectivity index (χ3n) is 2.84. The Kier molecular flexibility index (Phi) is 4.42. The number of esters is 1. The van der Waals surface area contributed by atoms with E-state index in [1.807, 2.05) is 39.0 Å². The van der Waals surface area contributed by atoms with Gasteiger partial charge < -0.3 is 4.74 Å². The Bertz CT molecular complexity index is 594. The van der Waals surface area contributed by atoms with E-state index in [0.29, 0.717) is 11.6 Å². The number of ether oxygens (including phenoxy) is 1. The highest BCUT2D eigenvalue weighted by Gasteiger charge is 2.28. The van der Waals surface area contributed by atoms with Gasteiger partial charge in [-0.1, -0.05) is 25.4 Å². The smallest absolute Gasteiger partial charge is 0.316 e. The molecule has 0 bridgehead atoms. The molecule has 2 rings (SSSR count). The van der Waals surface area contributed by atoms with Crippen molar-refractivity contribution in [2.45, 2.75) is 26.7 Å². The van der Waals surface area contributed by atoms with Crippen molar-refractivity contribution in [1.29, 1.82) is 0 Å². The van der Waals surface area contributed by atoms with E-state index < -0.39 is 0 Å². The van der Waals surface area contributed by atoms with Gasteiger partial charge in [0.1, 0.15) is 10.9 Å². The zero-order valence-electron chi connectivity index (χ0n) is 11.1. The quantitative estimate of drug-likeness (QED) is 0.792. The number of hydrogen-bond acceptors (Lipinski definition) is 4. The maximum absolute atomic E-state index is 12.0. The minimum absolute atomic E-state index is 0.148. The number of hydrogen-bond donors (Lipinski definition) is 0. The number of thiazole rings is 1. The first-order valence-corrected chi connectivity index (χ1v) is 7.45. The minimum Gasteiger partial charge on any atom is -0.465 e. The summed E-state index contributed by atoms with van der Waals surface area (Å²) in [5.74, 6) is -0.367. The first-order valence-electron chi connectivity index (χ1n) is 6.25. The number of halogens is 1. The van der Waals surface area contributed by atoms with Gasteiger partial charge >= 0.3 is 5.97 Å². The summed E-state index contributed by atoms with van der Waals surface area (Å²) in [6, 6.07) is 5.58. The fourth-order valence-electron chi connectivity index (χ4n) is 1.94. The number of carbonyl (C=O) groups excluding carboxylic acids is 1. The van der Waals surface area contributed by atoms with E-state index in [1.54, 1.807) is 0 Å². The summed E-state index contributed by atoms with van der Waals surface area (Å²) < 4.78 is 6.18. The average Bonchev–Trinajstić information content (AvgIpc) is 2.71. The Morgan fingerprint density at radius 3 is 2.84 bits per heavy atom. The van der Waals surface area contributed by atoms with Crippen LogP contribution in [0.4, 0.5) is 0 Å². The Hall–Kier alpha value is -1.13. The Morgan fingerprint density at radius 1 is 1.47 bits per heavy atom. The molecule has 19 heavy (non-hydrogen) atoms. The van der Waals surface area contributed by atoms with Crippen LogP contribution in [-0.2, 0) is 9.53 Å². The van der Waals surface area contributed by atoms with Crippen molar-refractivity contribution in [1.82, 2.24) is 4.98 Å². The maximum atomic E-state index is 12.0. The van der Waals surface area contributed by atoms with E-state index >= 15 is 0 Å². The van der Waals surface area contributed by atoms with Crippen LogP contribution >= 0.6 is 22.9 Å². The largest absolute Gasteiger partial charge is 0.465 e. The second-order valence-electron chi connectivity index (χ2n) is 4.64. The van der Waals surface area contributed by atoms with Gasteiger partial charge in [-0.15, -0.1) is 11.3 Å². The van der Waals surface area contributed by atoms with Crippen molar-refractivity contribution in [2.75, 3.05) is 6.61 Å². The first-order chi connectivity index (χ1) is 9.02. The summed E-state index contributed by atoms with van der Waals surface area (Å²) in [6.07, 6.45) is 0. The van der Waals surface area contributed by atoms with Crippen LogP contribution in [0.5, 0.6) is 0 Å². The van der Waals surface area contributed by atoms with Gasteiger partial charge in [-0.2, -0.15) is 0 Å². The van der Waals surface area contributed by atoms with Crippen LogP contribution in [-0.4, -0.2) is 17.6 Å². The van der Waals surface area contributed by atoms with Crippen LogP contribution in [0.15, 0.2) is 18.2 Å². The standard InChI is InChI=1S/C14H16ClNO2S/c1-4-18-14(17)12(8(2)3)13-16-10-7-9(15)5-6-11(10)19-13/h5-8,12H,4H2,1-3H3. The molecule has 0 amide bonds. The SMILES string of the molecule is CCOC(=O)C(c1nc2cc(Cl)ccc2s1)C(C)C. The fourth-order valence-corrected chi connectivity index (χ4v) is 3.32. The summed E-state index contributed by atoms with van der Waals surface area (Å²) in [5.41, 5.74) is 0.836. The normalized spacial score (nSPS) is 12.9. The van der Waals surface area contributed by atoms with Crippen molar-refractivity contribution < 1.29 is 9.53 Å². The van der Waals surface area contributed by atoms with Crippen LogP contribution in [0.1, 0.15) is 31.7 Å². The van der Waals surface area contributed by atoms with E-state index in [9.17, 15) is 4.79 Å². The second kappa shape index (κ2) is 5.88. The molecule has 5 heteroatoms. The molecule has 2 aromatic rings. The molecule has 0 spiro atoms. The summed E-state index contributed by atoms with van der Waals surface area (Å²) in [5, 5.41) is 1.45. The molecule has 0 saturated heterocycles. The fraction of sp³-hybridized carbons (Fsp3) is 0.429. The summed E-state index contributed by atoms with van der Waals surface area (Å²) in [4.78, 5) is 16.6. The van der Waals surface area contributed by atoms with Gasteiger partial charge in [0.05, 0.1) is 16.8 Å².